The lowest BCUT2D eigenvalue weighted by Crippen LogP contribution is -2.30. The average molecular weight is 224 g/mol. The first kappa shape index (κ1) is 13.0. The molecule has 0 aromatic heterocycles. The summed E-state index contributed by atoms with van der Waals surface area (Å²) in [6, 6.07) is 7.51. The Morgan fingerprint density at radius 3 is 2.25 bits per heavy atom. The molecule has 3 heteroatoms. The Labute approximate surface area is 97.0 Å². The Kier molecular flexibility index (Phi) is 4.77. The Balaban J connectivity index is 2.85. The number of hydrogen-bond donors (Lipinski definition) is 1. The molecule has 0 spiro atoms. The molecule has 1 unspecified atom stereocenters. The zero-order valence-corrected chi connectivity index (χ0v) is 10.2. The molecule has 1 aromatic carbocycles. The van der Waals surface area contributed by atoms with Crippen LogP contribution < -0.4 is 4.74 Å². The topological polar surface area (TPSA) is 38.7 Å². The average Bonchev–Trinajstić information content (AvgIpc) is 2.30. The van der Waals surface area contributed by atoms with Crippen molar-refractivity contribution in [3.63, 3.8) is 0 Å². The highest BCUT2D eigenvalue weighted by Gasteiger charge is 2.26. The molecule has 1 N–H and O–H groups in total. The van der Waals surface area contributed by atoms with Gasteiger partial charge in [-0.25, -0.2) is 0 Å². The summed E-state index contributed by atoms with van der Waals surface area (Å²) >= 11 is 0. The second-order valence-electron chi connectivity index (χ2n) is 3.78. The molecule has 0 saturated carbocycles. The summed E-state index contributed by atoms with van der Waals surface area (Å²) in [5.41, 5.74) is -0.0419. The minimum absolute atomic E-state index is 0.303. The number of methoxy groups -OCH3 is 1. The molecule has 0 radical (unpaired) electrons. The zero-order valence-electron chi connectivity index (χ0n) is 10.2. The van der Waals surface area contributed by atoms with Crippen LogP contribution in [0.4, 0.5) is 0 Å². The fourth-order valence-electron chi connectivity index (χ4n) is 1.66. The summed E-state index contributed by atoms with van der Waals surface area (Å²) in [6.07, 6.45) is 0.620. The summed E-state index contributed by atoms with van der Waals surface area (Å²) in [4.78, 5) is 0. The maximum absolute atomic E-state index is 10.3. The Morgan fingerprint density at radius 1 is 1.19 bits per heavy atom. The molecular weight excluding hydrogens is 204 g/mol. The van der Waals surface area contributed by atoms with Crippen LogP contribution in [0.25, 0.3) is 0 Å². The van der Waals surface area contributed by atoms with Crippen LogP contribution in [-0.4, -0.2) is 25.4 Å². The summed E-state index contributed by atoms with van der Waals surface area (Å²) in [7, 11) is 1.59. The quantitative estimate of drug-likeness (QED) is 0.806. The van der Waals surface area contributed by atoms with E-state index in [0.29, 0.717) is 19.6 Å². The van der Waals surface area contributed by atoms with Crippen LogP contribution in [0.1, 0.15) is 25.8 Å². The van der Waals surface area contributed by atoms with E-state index in [2.05, 4.69) is 0 Å². The van der Waals surface area contributed by atoms with Crippen LogP contribution in [0.5, 0.6) is 5.75 Å². The maximum atomic E-state index is 10.3. The van der Waals surface area contributed by atoms with Gasteiger partial charge in [-0.05, 0) is 31.0 Å². The molecule has 16 heavy (non-hydrogen) atoms. The highest BCUT2D eigenvalue weighted by molar-refractivity contribution is 5.30. The first-order valence-corrected chi connectivity index (χ1v) is 5.61. The van der Waals surface area contributed by atoms with Crippen molar-refractivity contribution < 1.29 is 14.6 Å². The summed E-state index contributed by atoms with van der Waals surface area (Å²) < 4.78 is 10.4. The van der Waals surface area contributed by atoms with Crippen LogP contribution in [0.15, 0.2) is 24.3 Å². The van der Waals surface area contributed by atoms with Gasteiger partial charge in [0.1, 0.15) is 11.4 Å². The van der Waals surface area contributed by atoms with Gasteiger partial charge in [-0.1, -0.05) is 19.1 Å². The first-order valence-electron chi connectivity index (χ1n) is 5.61. The lowest BCUT2D eigenvalue weighted by atomic mass is 9.92. The molecule has 0 aliphatic carbocycles. The standard InChI is InChI=1S/C13H20O3/c1-4-13(14,10-15-3)11-6-8-12(9-7-11)16-5-2/h6-9,14H,4-5,10H2,1-3H3. The van der Waals surface area contributed by atoms with Crippen LogP contribution in [-0.2, 0) is 10.3 Å². The number of benzene rings is 1. The predicted molar refractivity (Wildman–Crippen MR) is 63.7 cm³/mol. The number of hydrogen-bond acceptors (Lipinski definition) is 3. The number of rotatable bonds is 6. The van der Waals surface area contributed by atoms with E-state index in [9.17, 15) is 5.11 Å². The van der Waals surface area contributed by atoms with Crippen molar-refractivity contribution in [2.45, 2.75) is 25.9 Å². The van der Waals surface area contributed by atoms with E-state index in [1.807, 2.05) is 38.1 Å². The van der Waals surface area contributed by atoms with Crippen LogP contribution in [0.2, 0.25) is 0 Å². The smallest absolute Gasteiger partial charge is 0.119 e. The molecule has 0 aliphatic heterocycles. The van der Waals surface area contributed by atoms with Crippen LogP contribution in [0.3, 0.4) is 0 Å². The van der Waals surface area contributed by atoms with Crippen LogP contribution >= 0.6 is 0 Å². The van der Waals surface area contributed by atoms with Gasteiger partial charge in [0.25, 0.3) is 0 Å². The first-order chi connectivity index (χ1) is 7.66. The third-order valence-corrected chi connectivity index (χ3v) is 2.67. The Hall–Kier alpha value is -1.06. The van der Waals surface area contributed by atoms with Crippen molar-refractivity contribution in [3.8, 4) is 5.75 Å². The minimum Gasteiger partial charge on any atom is -0.494 e. The van der Waals surface area contributed by atoms with E-state index >= 15 is 0 Å². The van der Waals surface area contributed by atoms with Gasteiger partial charge in [0.15, 0.2) is 0 Å². The van der Waals surface area contributed by atoms with E-state index < -0.39 is 5.60 Å². The van der Waals surface area contributed by atoms with E-state index in [1.165, 1.54) is 0 Å². The third-order valence-electron chi connectivity index (χ3n) is 2.67. The molecule has 0 saturated heterocycles. The van der Waals surface area contributed by atoms with Gasteiger partial charge in [0, 0.05) is 7.11 Å². The molecule has 1 atom stereocenters. The van der Waals surface area contributed by atoms with Gasteiger partial charge in [-0.3, -0.25) is 0 Å². The third kappa shape index (κ3) is 2.97. The predicted octanol–water partition coefficient (Wildman–Crippen LogP) is 2.33. The van der Waals surface area contributed by atoms with Gasteiger partial charge in [0.05, 0.1) is 13.2 Å². The van der Waals surface area contributed by atoms with Gasteiger partial charge in [-0.2, -0.15) is 0 Å². The molecule has 3 nitrogen and oxygen atoms in total. The van der Waals surface area contributed by atoms with Crippen molar-refractivity contribution in [2.24, 2.45) is 0 Å². The highest BCUT2D eigenvalue weighted by atomic mass is 16.5. The lowest BCUT2D eigenvalue weighted by Gasteiger charge is -2.26. The lowest BCUT2D eigenvalue weighted by molar-refractivity contribution is -0.0386. The van der Waals surface area contributed by atoms with Crippen molar-refractivity contribution >= 4 is 0 Å². The molecule has 0 amide bonds. The highest BCUT2D eigenvalue weighted by Crippen LogP contribution is 2.26. The summed E-state index contributed by atoms with van der Waals surface area (Å²) in [5, 5.41) is 10.3. The van der Waals surface area contributed by atoms with E-state index in [4.69, 9.17) is 9.47 Å². The van der Waals surface area contributed by atoms with E-state index in [0.717, 1.165) is 11.3 Å². The Morgan fingerprint density at radius 2 is 1.81 bits per heavy atom. The normalized spacial score (nSPS) is 14.5. The number of ether oxygens (including phenoxy) is 2. The summed E-state index contributed by atoms with van der Waals surface area (Å²) in [6.45, 7) is 4.84. The molecular formula is C13H20O3. The molecule has 90 valence electrons. The van der Waals surface area contributed by atoms with Crippen molar-refractivity contribution in [1.82, 2.24) is 0 Å². The fourth-order valence-corrected chi connectivity index (χ4v) is 1.66. The molecule has 1 aromatic rings. The molecule has 0 bridgehead atoms. The van der Waals surface area contributed by atoms with Crippen molar-refractivity contribution in [3.05, 3.63) is 29.8 Å². The zero-order chi connectivity index (χ0) is 12.0. The molecule has 0 aliphatic rings. The maximum Gasteiger partial charge on any atom is 0.119 e. The van der Waals surface area contributed by atoms with E-state index in [-0.39, 0.29) is 0 Å². The van der Waals surface area contributed by atoms with Gasteiger partial charge in [0.2, 0.25) is 0 Å². The summed E-state index contributed by atoms with van der Waals surface area (Å²) in [5.74, 6) is 0.821. The molecule has 1 rings (SSSR count). The molecule has 0 fully saturated rings. The van der Waals surface area contributed by atoms with Crippen molar-refractivity contribution in [2.75, 3.05) is 20.3 Å². The minimum atomic E-state index is -0.903. The second-order valence-corrected chi connectivity index (χ2v) is 3.78. The SMILES string of the molecule is CCOc1ccc(C(O)(CC)COC)cc1. The van der Waals surface area contributed by atoms with Crippen LogP contribution in [0, 0.1) is 0 Å². The monoisotopic (exact) mass is 224 g/mol. The molecule has 0 heterocycles. The van der Waals surface area contributed by atoms with Crippen molar-refractivity contribution in [1.29, 1.82) is 0 Å². The fraction of sp³-hybridized carbons (Fsp3) is 0.538. The van der Waals surface area contributed by atoms with E-state index in [1.54, 1.807) is 7.11 Å². The number of aliphatic hydroxyl groups is 1. The Bertz CT molecular complexity index is 307. The van der Waals surface area contributed by atoms with Gasteiger partial charge >= 0.3 is 0 Å². The second kappa shape index (κ2) is 5.87. The van der Waals surface area contributed by atoms with Gasteiger partial charge < -0.3 is 14.6 Å². The largest absolute Gasteiger partial charge is 0.494 e. The van der Waals surface area contributed by atoms with Gasteiger partial charge in [-0.15, -0.1) is 0 Å².